The number of aliphatic hydroxyl groups excluding tert-OH is 3. The van der Waals surface area contributed by atoms with Crippen LogP contribution in [-0.2, 0) is 0 Å². The lowest BCUT2D eigenvalue weighted by atomic mass is 10.0. The number of urea groups is 1. The maximum atomic E-state index is 10.4. The topological polar surface area (TPSA) is 173 Å². The number of hydroxylamine groups is 1. The van der Waals surface area contributed by atoms with Gasteiger partial charge in [-0.15, -0.1) is 0 Å². The van der Waals surface area contributed by atoms with Crippen molar-refractivity contribution in [1.82, 2.24) is 10.9 Å². The van der Waals surface area contributed by atoms with Crippen LogP contribution < -0.4 is 16.6 Å². The summed E-state index contributed by atoms with van der Waals surface area (Å²) < 4.78 is 0. The van der Waals surface area contributed by atoms with Gasteiger partial charge in [-0.2, -0.15) is 5.10 Å². The molecule has 0 rings (SSSR count). The molecule has 0 radical (unpaired) electrons. The van der Waals surface area contributed by atoms with E-state index in [1.807, 2.05) is 5.43 Å². The van der Waals surface area contributed by atoms with Crippen LogP contribution in [-0.4, -0.2) is 63.5 Å². The minimum absolute atomic E-state index is 0.0241. The van der Waals surface area contributed by atoms with E-state index in [1.165, 1.54) is 6.92 Å². The predicted molar refractivity (Wildman–Crippen MR) is 62.2 cm³/mol. The zero-order valence-corrected chi connectivity index (χ0v) is 9.79. The third-order valence-corrected chi connectivity index (χ3v) is 2.01. The number of amidine groups is 1. The van der Waals surface area contributed by atoms with Gasteiger partial charge in [-0.1, -0.05) is 0 Å². The molecule has 0 fully saturated rings. The SMILES string of the molecule is C/C(=N\NC(N)=O)C(=NC(CO)(CO)CO)NO. The summed E-state index contributed by atoms with van der Waals surface area (Å²) in [6.45, 7) is -0.583. The standard InChI is InChI=1S/C8H17N5O5/c1-5(11-12-7(9)17)6(13-18)10-8(2-14,3-15)4-16/h14-16,18H,2-4H2,1H3,(H,10,13)(H3,9,12,17)/b11-5+. The highest BCUT2D eigenvalue weighted by Crippen LogP contribution is 2.08. The van der Waals surface area contributed by atoms with Gasteiger partial charge in [0.2, 0.25) is 0 Å². The number of nitrogens with one attached hydrogen (secondary N) is 2. The fourth-order valence-electron chi connectivity index (χ4n) is 0.872. The molecule has 0 aliphatic carbocycles. The lowest BCUT2D eigenvalue weighted by Gasteiger charge is -2.23. The van der Waals surface area contributed by atoms with Crippen molar-refractivity contribution in [3.63, 3.8) is 0 Å². The molecule has 0 atom stereocenters. The summed E-state index contributed by atoms with van der Waals surface area (Å²) in [5.74, 6) is -0.249. The largest absolute Gasteiger partial charge is 0.394 e. The second-order valence-corrected chi connectivity index (χ2v) is 3.44. The molecular weight excluding hydrogens is 246 g/mol. The van der Waals surface area contributed by atoms with Crippen molar-refractivity contribution in [2.75, 3.05) is 19.8 Å². The first-order valence-electron chi connectivity index (χ1n) is 4.87. The fourth-order valence-corrected chi connectivity index (χ4v) is 0.872. The van der Waals surface area contributed by atoms with Crippen molar-refractivity contribution in [1.29, 1.82) is 0 Å². The molecule has 0 aliphatic heterocycles. The second-order valence-electron chi connectivity index (χ2n) is 3.44. The number of carbonyl (C=O) groups excluding carboxylic acids is 1. The van der Waals surface area contributed by atoms with E-state index < -0.39 is 31.4 Å². The molecule has 18 heavy (non-hydrogen) atoms. The number of hydrazone groups is 1. The van der Waals surface area contributed by atoms with E-state index in [0.717, 1.165) is 0 Å². The summed E-state index contributed by atoms with van der Waals surface area (Å²) in [6, 6.07) is -0.913. The van der Waals surface area contributed by atoms with E-state index in [9.17, 15) is 4.79 Å². The first-order valence-corrected chi connectivity index (χ1v) is 4.87. The number of rotatable bonds is 6. The van der Waals surface area contributed by atoms with Gasteiger partial charge in [-0.3, -0.25) is 15.7 Å². The highest BCUT2D eigenvalue weighted by Gasteiger charge is 2.28. The number of nitrogens with zero attached hydrogens (tertiary/aromatic N) is 2. The van der Waals surface area contributed by atoms with Crippen molar-refractivity contribution in [3.8, 4) is 0 Å². The van der Waals surface area contributed by atoms with Gasteiger partial charge in [0.05, 0.1) is 19.8 Å². The molecule has 10 heteroatoms. The van der Waals surface area contributed by atoms with Crippen molar-refractivity contribution in [2.45, 2.75) is 12.5 Å². The summed E-state index contributed by atoms with van der Waals surface area (Å²) in [5, 5.41) is 39.5. The lowest BCUT2D eigenvalue weighted by molar-refractivity contribution is 0.0705. The van der Waals surface area contributed by atoms with Crippen LogP contribution in [0.1, 0.15) is 6.92 Å². The van der Waals surface area contributed by atoms with Crippen LogP contribution in [0.15, 0.2) is 10.1 Å². The normalized spacial score (nSPS) is 13.4. The molecule has 0 aromatic carbocycles. The molecule has 0 aromatic heterocycles. The monoisotopic (exact) mass is 263 g/mol. The van der Waals surface area contributed by atoms with E-state index in [-0.39, 0.29) is 11.5 Å². The molecule has 8 N–H and O–H groups in total. The van der Waals surface area contributed by atoms with E-state index in [1.54, 1.807) is 5.48 Å². The first-order chi connectivity index (χ1) is 8.44. The average Bonchev–Trinajstić information content (AvgIpc) is 2.38. The Kier molecular flexibility index (Phi) is 6.82. The molecule has 2 amide bonds. The number of aliphatic hydroxyl groups is 3. The van der Waals surface area contributed by atoms with Crippen LogP contribution in [0.2, 0.25) is 0 Å². The summed E-state index contributed by atoms with van der Waals surface area (Å²) >= 11 is 0. The van der Waals surface area contributed by atoms with Crippen LogP contribution in [0, 0.1) is 0 Å². The summed E-state index contributed by atoms with van der Waals surface area (Å²) in [4.78, 5) is 14.2. The maximum absolute atomic E-state index is 10.4. The second kappa shape index (κ2) is 7.55. The predicted octanol–water partition coefficient (Wildman–Crippen LogP) is -2.88. The number of primary amides is 1. The Morgan fingerprint density at radius 3 is 2.11 bits per heavy atom. The molecule has 0 unspecified atom stereocenters. The minimum Gasteiger partial charge on any atom is -0.394 e. The summed E-state index contributed by atoms with van der Waals surface area (Å²) in [5.41, 5.74) is 6.82. The highest BCUT2D eigenvalue weighted by molar-refractivity contribution is 6.40. The summed E-state index contributed by atoms with van der Waals surface area (Å²) in [6.07, 6.45) is 0. The Labute approximate surface area is 103 Å². The zero-order chi connectivity index (χ0) is 14.2. The van der Waals surface area contributed by atoms with Gasteiger partial charge in [-0.25, -0.2) is 10.2 Å². The number of amides is 2. The number of carbonyl (C=O) groups is 1. The van der Waals surface area contributed by atoms with Crippen molar-refractivity contribution in [3.05, 3.63) is 0 Å². The minimum atomic E-state index is -1.57. The van der Waals surface area contributed by atoms with Gasteiger partial charge in [0.1, 0.15) is 11.3 Å². The molecular formula is C8H17N5O5. The molecule has 0 heterocycles. The smallest absolute Gasteiger partial charge is 0.332 e. The van der Waals surface area contributed by atoms with Crippen LogP contribution >= 0.6 is 0 Å². The average molecular weight is 263 g/mol. The molecule has 0 aromatic rings. The quantitative estimate of drug-likeness (QED) is 0.154. The number of nitrogens with two attached hydrogens (primary N) is 1. The van der Waals surface area contributed by atoms with Gasteiger partial charge in [0, 0.05) is 0 Å². The summed E-state index contributed by atoms with van der Waals surface area (Å²) in [7, 11) is 0. The van der Waals surface area contributed by atoms with Gasteiger partial charge in [0.15, 0.2) is 5.84 Å². The van der Waals surface area contributed by atoms with E-state index in [0.29, 0.717) is 0 Å². The van der Waals surface area contributed by atoms with E-state index in [2.05, 4.69) is 10.1 Å². The highest BCUT2D eigenvalue weighted by atomic mass is 16.5. The van der Waals surface area contributed by atoms with Gasteiger partial charge in [-0.05, 0) is 6.92 Å². The van der Waals surface area contributed by atoms with Crippen molar-refractivity contribution >= 4 is 17.6 Å². The Hall–Kier alpha value is -1.75. The van der Waals surface area contributed by atoms with Gasteiger partial charge < -0.3 is 21.1 Å². The number of hydrogen-bond acceptors (Lipinski definition) is 7. The zero-order valence-electron chi connectivity index (χ0n) is 9.79. The molecule has 0 saturated heterocycles. The molecule has 0 bridgehead atoms. The Balaban J connectivity index is 5.16. The van der Waals surface area contributed by atoms with Gasteiger partial charge in [0.25, 0.3) is 0 Å². The van der Waals surface area contributed by atoms with Crippen LogP contribution in [0.25, 0.3) is 0 Å². The third kappa shape index (κ3) is 4.63. The van der Waals surface area contributed by atoms with E-state index in [4.69, 9.17) is 26.3 Å². The molecule has 0 saturated carbocycles. The fraction of sp³-hybridized carbons (Fsp3) is 0.625. The molecule has 0 spiro atoms. The maximum Gasteiger partial charge on any atom is 0.332 e. The molecule has 104 valence electrons. The Bertz CT molecular complexity index is 331. The first kappa shape index (κ1) is 16.2. The number of hydrogen-bond donors (Lipinski definition) is 7. The van der Waals surface area contributed by atoms with E-state index >= 15 is 0 Å². The number of aliphatic imine (C=N–C) groups is 1. The van der Waals surface area contributed by atoms with Gasteiger partial charge >= 0.3 is 6.03 Å². The lowest BCUT2D eigenvalue weighted by Crippen LogP contribution is -2.43. The van der Waals surface area contributed by atoms with Crippen LogP contribution in [0.5, 0.6) is 0 Å². The van der Waals surface area contributed by atoms with Crippen molar-refractivity contribution < 1.29 is 25.3 Å². The Morgan fingerprint density at radius 1 is 1.28 bits per heavy atom. The van der Waals surface area contributed by atoms with Crippen LogP contribution in [0.3, 0.4) is 0 Å². The molecule has 0 aliphatic rings. The Morgan fingerprint density at radius 2 is 1.78 bits per heavy atom. The third-order valence-electron chi connectivity index (χ3n) is 2.01. The molecule has 10 nitrogen and oxygen atoms in total. The van der Waals surface area contributed by atoms with Crippen molar-refractivity contribution in [2.24, 2.45) is 15.8 Å². The van der Waals surface area contributed by atoms with Crippen LogP contribution in [0.4, 0.5) is 4.79 Å².